The highest BCUT2D eigenvalue weighted by Gasteiger charge is 2.38. The largest absolute Gasteiger partial charge is 0.376 e. The van der Waals surface area contributed by atoms with E-state index >= 15 is 0 Å². The van der Waals surface area contributed by atoms with Crippen molar-refractivity contribution in [3.63, 3.8) is 0 Å². The molecule has 1 aliphatic carbocycles. The van der Waals surface area contributed by atoms with Gasteiger partial charge in [0.05, 0.1) is 18.8 Å². The van der Waals surface area contributed by atoms with Gasteiger partial charge in [-0.15, -0.1) is 0 Å². The Morgan fingerprint density at radius 3 is 2.47 bits per heavy atom. The van der Waals surface area contributed by atoms with Gasteiger partial charge in [0.25, 0.3) is 0 Å². The van der Waals surface area contributed by atoms with Crippen molar-refractivity contribution >= 4 is 0 Å². The smallest absolute Gasteiger partial charge is 0.105 e. The first kappa shape index (κ1) is 11.4. The molecule has 0 atom stereocenters. The summed E-state index contributed by atoms with van der Waals surface area (Å²) in [4.78, 5) is 0. The summed E-state index contributed by atoms with van der Waals surface area (Å²) < 4.78 is 11.4. The van der Waals surface area contributed by atoms with Crippen molar-refractivity contribution in [3.05, 3.63) is 0 Å². The van der Waals surface area contributed by atoms with Gasteiger partial charge in [-0.1, -0.05) is 26.7 Å². The van der Waals surface area contributed by atoms with Crippen LogP contribution in [0.2, 0.25) is 0 Å². The summed E-state index contributed by atoms with van der Waals surface area (Å²) in [5.41, 5.74) is 0.110. The van der Waals surface area contributed by atoms with Crippen LogP contribution in [-0.4, -0.2) is 37.5 Å². The molecule has 1 saturated carbocycles. The van der Waals surface area contributed by atoms with Crippen molar-refractivity contribution in [1.29, 1.82) is 0 Å². The van der Waals surface area contributed by atoms with Gasteiger partial charge in [-0.25, -0.2) is 0 Å². The first-order chi connectivity index (χ1) is 7.20. The van der Waals surface area contributed by atoms with Crippen LogP contribution in [0.25, 0.3) is 0 Å². The summed E-state index contributed by atoms with van der Waals surface area (Å²) in [5, 5.41) is 3.52. The fourth-order valence-electron chi connectivity index (χ4n) is 2.38. The Balaban J connectivity index is 1.84. The second-order valence-corrected chi connectivity index (χ2v) is 5.20. The Kier molecular flexibility index (Phi) is 3.65. The quantitative estimate of drug-likeness (QED) is 0.754. The fourth-order valence-corrected chi connectivity index (χ4v) is 2.38. The molecule has 0 amide bonds. The van der Waals surface area contributed by atoms with Crippen LogP contribution in [0.4, 0.5) is 0 Å². The van der Waals surface area contributed by atoms with E-state index in [1.54, 1.807) is 0 Å². The van der Waals surface area contributed by atoms with E-state index in [9.17, 15) is 0 Å². The highest BCUT2D eigenvalue weighted by molar-refractivity contribution is 4.91. The van der Waals surface area contributed by atoms with Crippen LogP contribution in [-0.2, 0) is 9.47 Å². The number of rotatable bonds is 5. The number of hydrogen-bond acceptors (Lipinski definition) is 3. The lowest BCUT2D eigenvalue weighted by atomic mass is 10.0. The summed E-state index contributed by atoms with van der Waals surface area (Å²) in [5.74, 6) is 0. The van der Waals surface area contributed by atoms with E-state index in [1.807, 2.05) is 0 Å². The SMILES string of the molecule is CC(C)NCC1(OC2COC2)CCCC1. The van der Waals surface area contributed by atoms with Gasteiger partial charge in [-0.05, 0) is 12.8 Å². The maximum Gasteiger partial charge on any atom is 0.105 e. The van der Waals surface area contributed by atoms with Gasteiger partial charge in [-0.2, -0.15) is 0 Å². The lowest BCUT2D eigenvalue weighted by Gasteiger charge is -2.38. The molecule has 1 saturated heterocycles. The molecule has 1 heterocycles. The van der Waals surface area contributed by atoms with Crippen molar-refractivity contribution in [2.24, 2.45) is 0 Å². The molecule has 2 aliphatic rings. The summed E-state index contributed by atoms with van der Waals surface area (Å²) in [6.45, 7) is 6.97. The van der Waals surface area contributed by atoms with Crippen LogP contribution >= 0.6 is 0 Å². The number of ether oxygens (including phenoxy) is 2. The van der Waals surface area contributed by atoms with Gasteiger partial charge in [0.2, 0.25) is 0 Å². The van der Waals surface area contributed by atoms with Crippen LogP contribution in [0.1, 0.15) is 39.5 Å². The average Bonchev–Trinajstić information content (AvgIpc) is 2.58. The van der Waals surface area contributed by atoms with Crippen molar-refractivity contribution in [3.8, 4) is 0 Å². The van der Waals surface area contributed by atoms with E-state index in [1.165, 1.54) is 25.7 Å². The third kappa shape index (κ3) is 2.92. The minimum atomic E-state index is 0.110. The van der Waals surface area contributed by atoms with Gasteiger partial charge < -0.3 is 14.8 Å². The first-order valence-electron chi connectivity index (χ1n) is 6.19. The van der Waals surface area contributed by atoms with E-state index in [4.69, 9.17) is 9.47 Å². The van der Waals surface area contributed by atoms with Crippen molar-refractivity contribution in [1.82, 2.24) is 5.32 Å². The Bertz CT molecular complexity index is 196. The third-order valence-electron chi connectivity index (χ3n) is 3.37. The van der Waals surface area contributed by atoms with Gasteiger partial charge in [0.15, 0.2) is 0 Å². The maximum absolute atomic E-state index is 6.20. The zero-order chi connectivity index (χ0) is 10.7. The Morgan fingerprint density at radius 2 is 2.00 bits per heavy atom. The molecule has 0 unspecified atom stereocenters. The van der Waals surface area contributed by atoms with Gasteiger partial charge in [0.1, 0.15) is 6.10 Å². The maximum atomic E-state index is 6.20. The molecule has 2 fully saturated rings. The first-order valence-corrected chi connectivity index (χ1v) is 6.19. The van der Waals surface area contributed by atoms with Gasteiger partial charge >= 0.3 is 0 Å². The number of hydrogen-bond donors (Lipinski definition) is 1. The molecule has 0 spiro atoms. The lowest BCUT2D eigenvalue weighted by molar-refractivity contribution is -0.189. The van der Waals surface area contributed by atoms with E-state index in [-0.39, 0.29) is 5.60 Å². The van der Waals surface area contributed by atoms with Crippen LogP contribution in [0.15, 0.2) is 0 Å². The monoisotopic (exact) mass is 213 g/mol. The van der Waals surface area contributed by atoms with Crippen molar-refractivity contribution in [2.45, 2.75) is 57.3 Å². The molecule has 3 nitrogen and oxygen atoms in total. The summed E-state index contributed by atoms with van der Waals surface area (Å²) >= 11 is 0. The molecule has 0 aromatic carbocycles. The van der Waals surface area contributed by atoms with Crippen molar-refractivity contribution < 1.29 is 9.47 Å². The summed E-state index contributed by atoms with van der Waals surface area (Å²) in [6, 6.07) is 0.545. The molecule has 0 aromatic heterocycles. The second kappa shape index (κ2) is 4.81. The molecule has 1 aliphatic heterocycles. The predicted octanol–water partition coefficient (Wildman–Crippen LogP) is 1.71. The summed E-state index contributed by atoms with van der Waals surface area (Å²) in [7, 11) is 0. The Labute approximate surface area is 92.5 Å². The molecule has 0 radical (unpaired) electrons. The molecule has 0 aromatic rings. The van der Waals surface area contributed by atoms with Crippen LogP contribution < -0.4 is 5.32 Å². The Morgan fingerprint density at radius 1 is 1.33 bits per heavy atom. The lowest BCUT2D eigenvalue weighted by Crippen LogP contribution is -2.50. The average molecular weight is 213 g/mol. The fraction of sp³-hybridized carbons (Fsp3) is 1.00. The predicted molar refractivity (Wildman–Crippen MR) is 60.0 cm³/mol. The Hall–Kier alpha value is -0.120. The van der Waals surface area contributed by atoms with E-state index in [0.717, 1.165) is 19.8 Å². The summed E-state index contributed by atoms with van der Waals surface area (Å²) in [6.07, 6.45) is 5.41. The van der Waals surface area contributed by atoms with E-state index < -0.39 is 0 Å². The highest BCUT2D eigenvalue weighted by Crippen LogP contribution is 2.34. The van der Waals surface area contributed by atoms with Crippen LogP contribution in [0.3, 0.4) is 0 Å². The minimum Gasteiger partial charge on any atom is -0.376 e. The molecule has 1 N–H and O–H groups in total. The third-order valence-corrected chi connectivity index (χ3v) is 3.37. The van der Waals surface area contributed by atoms with Gasteiger partial charge in [0, 0.05) is 12.6 Å². The van der Waals surface area contributed by atoms with Crippen molar-refractivity contribution in [2.75, 3.05) is 19.8 Å². The normalized spacial score (nSPS) is 25.8. The molecular weight excluding hydrogens is 190 g/mol. The second-order valence-electron chi connectivity index (χ2n) is 5.20. The molecule has 2 rings (SSSR count). The zero-order valence-electron chi connectivity index (χ0n) is 9.92. The zero-order valence-corrected chi connectivity index (χ0v) is 9.92. The molecule has 3 heteroatoms. The highest BCUT2D eigenvalue weighted by atomic mass is 16.6. The minimum absolute atomic E-state index is 0.110. The standard InChI is InChI=1S/C12H23NO2/c1-10(2)13-9-12(5-3-4-6-12)15-11-7-14-8-11/h10-11,13H,3-9H2,1-2H3. The molecular formula is C12H23NO2. The van der Waals surface area contributed by atoms with E-state index in [0.29, 0.717) is 12.1 Å². The molecule has 15 heavy (non-hydrogen) atoms. The van der Waals surface area contributed by atoms with Crippen LogP contribution in [0, 0.1) is 0 Å². The topological polar surface area (TPSA) is 30.5 Å². The van der Waals surface area contributed by atoms with E-state index in [2.05, 4.69) is 19.2 Å². The van der Waals surface area contributed by atoms with Gasteiger partial charge in [-0.3, -0.25) is 0 Å². The van der Waals surface area contributed by atoms with Crippen LogP contribution in [0.5, 0.6) is 0 Å². The molecule has 88 valence electrons. The number of nitrogens with one attached hydrogen (secondary N) is 1. The molecule has 0 bridgehead atoms.